The van der Waals surface area contributed by atoms with Crippen LogP contribution in [0.2, 0.25) is 0 Å². The van der Waals surface area contributed by atoms with E-state index < -0.39 is 0 Å². The number of hydrogen-bond donors (Lipinski definition) is 1. The number of fused-ring (bicyclic) bond motifs is 1. The van der Waals surface area contributed by atoms with Crippen molar-refractivity contribution in [2.75, 3.05) is 23.7 Å². The summed E-state index contributed by atoms with van der Waals surface area (Å²) < 4.78 is 0. The van der Waals surface area contributed by atoms with Crippen molar-refractivity contribution in [3.8, 4) is 0 Å². The minimum Gasteiger partial charge on any atom is -0.399 e. The van der Waals surface area contributed by atoms with Gasteiger partial charge in [-0.15, -0.1) is 0 Å². The molecule has 1 heterocycles. The van der Waals surface area contributed by atoms with Gasteiger partial charge in [-0.25, -0.2) is 0 Å². The molecule has 0 bridgehead atoms. The number of benzene rings is 1. The molecule has 0 amide bonds. The van der Waals surface area contributed by atoms with Crippen molar-refractivity contribution in [3.63, 3.8) is 0 Å². The Labute approximate surface area is 78.3 Å². The van der Waals surface area contributed by atoms with Gasteiger partial charge < -0.3 is 10.6 Å². The minimum absolute atomic E-state index is 0.873. The number of anilines is 2. The van der Waals surface area contributed by atoms with Gasteiger partial charge in [-0.3, -0.25) is 0 Å². The lowest BCUT2D eigenvalue weighted by molar-refractivity contribution is 0.820. The van der Waals surface area contributed by atoms with Crippen molar-refractivity contribution in [1.29, 1.82) is 0 Å². The van der Waals surface area contributed by atoms with E-state index in [0.717, 1.165) is 17.5 Å². The lowest BCUT2D eigenvalue weighted by Crippen LogP contribution is -2.21. The molecule has 2 N–H and O–H groups in total. The third-order valence-corrected chi connectivity index (χ3v) is 3.21. The van der Waals surface area contributed by atoms with Gasteiger partial charge in [0, 0.05) is 24.5 Å². The Bertz CT molecular complexity index is 325. The fraction of sp³-hybridized carbons (Fsp3) is 0.455. The average Bonchev–Trinajstić information content (AvgIpc) is 2.74. The van der Waals surface area contributed by atoms with Crippen LogP contribution in [0.3, 0.4) is 0 Å². The highest BCUT2D eigenvalue weighted by Gasteiger charge is 2.44. The summed E-state index contributed by atoms with van der Waals surface area (Å²) in [6.45, 7) is 2.49. The second kappa shape index (κ2) is 2.41. The molecular formula is C11H14N2. The fourth-order valence-corrected chi connectivity index (χ4v) is 2.33. The molecule has 2 heteroatoms. The van der Waals surface area contributed by atoms with Gasteiger partial charge in [-0.2, -0.15) is 0 Å². The van der Waals surface area contributed by atoms with Crippen molar-refractivity contribution < 1.29 is 0 Å². The maximum atomic E-state index is 5.75. The molecule has 2 fully saturated rings. The molecule has 68 valence electrons. The highest BCUT2D eigenvalue weighted by molar-refractivity contribution is 5.57. The molecule has 2 nitrogen and oxygen atoms in total. The van der Waals surface area contributed by atoms with Gasteiger partial charge in [-0.1, -0.05) is 6.07 Å². The summed E-state index contributed by atoms with van der Waals surface area (Å²) in [4.78, 5) is 2.45. The fourth-order valence-electron chi connectivity index (χ4n) is 2.33. The van der Waals surface area contributed by atoms with Crippen molar-refractivity contribution in [2.24, 2.45) is 11.8 Å². The summed E-state index contributed by atoms with van der Waals surface area (Å²) in [5, 5.41) is 0. The van der Waals surface area contributed by atoms with Gasteiger partial charge in [0.05, 0.1) is 0 Å². The van der Waals surface area contributed by atoms with Gasteiger partial charge in [0.15, 0.2) is 0 Å². The normalized spacial score (nSPS) is 30.3. The second-order valence-electron chi connectivity index (χ2n) is 4.26. The second-order valence-corrected chi connectivity index (χ2v) is 4.26. The number of rotatable bonds is 1. The van der Waals surface area contributed by atoms with Crippen LogP contribution in [0.5, 0.6) is 0 Å². The molecule has 2 unspecified atom stereocenters. The molecule has 1 aliphatic carbocycles. The number of piperidine rings is 1. The molecule has 3 rings (SSSR count). The Kier molecular flexibility index (Phi) is 1.34. The third-order valence-electron chi connectivity index (χ3n) is 3.21. The summed E-state index contributed by atoms with van der Waals surface area (Å²) in [6.07, 6.45) is 1.46. The van der Waals surface area contributed by atoms with E-state index >= 15 is 0 Å². The third kappa shape index (κ3) is 1.17. The van der Waals surface area contributed by atoms with E-state index in [-0.39, 0.29) is 0 Å². The Morgan fingerprint density at radius 1 is 1.23 bits per heavy atom. The van der Waals surface area contributed by atoms with E-state index in [0.29, 0.717) is 0 Å². The minimum atomic E-state index is 0.873. The smallest absolute Gasteiger partial charge is 0.0387 e. The van der Waals surface area contributed by atoms with Crippen LogP contribution in [-0.4, -0.2) is 13.1 Å². The van der Waals surface area contributed by atoms with Crippen LogP contribution in [0, 0.1) is 11.8 Å². The molecule has 0 radical (unpaired) electrons. The predicted molar refractivity (Wildman–Crippen MR) is 54.7 cm³/mol. The molecule has 1 saturated heterocycles. The number of nitrogens with zero attached hydrogens (tertiary/aromatic N) is 1. The standard InChI is InChI=1S/C11H14N2/c12-10-2-1-3-11(5-10)13-6-8-4-9(8)7-13/h1-3,5,8-9H,4,6-7,12H2. The Morgan fingerprint density at radius 3 is 2.69 bits per heavy atom. The SMILES string of the molecule is Nc1cccc(N2CC3CC3C2)c1. The first-order valence-electron chi connectivity index (χ1n) is 4.93. The van der Waals surface area contributed by atoms with Crippen molar-refractivity contribution in [1.82, 2.24) is 0 Å². The van der Waals surface area contributed by atoms with E-state index in [9.17, 15) is 0 Å². The largest absolute Gasteiger partial charge is 0.399 e. The van der Waals surface area contributed by atoms with E-state index in [2.05, 4.69) is 17.0 Å². The van der Waals surface area contributed by atoms with Crippen LogP contribution in [0.4, 0.5) is 11.4 Å². The zero-order chi connectivity index (χ0) is 8.84. The maximum absolute atomic E-state index is 5.75. The van der Waals surface area contributed by atoms with Crippen LogP contribution < -0.4 is 10.6 Å². The number of nitrogen functional groups attached to an aromatic ring is 1. The summed E-state index contributed by atoms with van der Waals surface area (Å²) in [5.41, 5.74) is 7.92. The first kappa shape index (κ1) is 7.25. The molecule has 1 aromatic carbocycles. The summed E-state index contributed by atoms with van der Waals surface area (Å²) in [6, 6.07) is 8.21. The van der Waals surface area contributed by atoms with Gasteiger partial charge >= 0.3 is 0 Å². The van der Waals surface area contributed by atoms with Gasteiger partial charge in [0.2, 0.25) is 0 Å². The quantitative estimate of drug-likeness (QED) is 0.657. The molecule has 0 spiro atoms. The molecule has 2 aliphatic rings. The molecule has 13 heavy (non-hydrogen) atoms. The van der Waals surface area contributed by atoms with Crippen LogP contribution in [-0.2, 0) is 0 Å². The first-order valence-corrected chi connectivity index (χ1v) is 4.93. The molecule has 1 aliphatic heterocycles. The molecule has 1 aromatic rings. The van der Waals surface area contributed by atoms with E-state index in [4.69, 9.17) is 5.73 Å². The number of hydrogen-bond acceptors (Lipinski definition) is 2. The zero-order valence-electron chi connectivity index (χ0n) is 7.61. The zero-order valence-corrected chi connectivity index (χ0v) is 7.61. The monoisotopic (exact) mass is 174 g/mol. The van der Waals surface area contributed by atoms with Crippen molar-refractivity contribution in [3.05, 3.63) is 24.3 Å². The van der Waals surface area contributed by atoms with Gasteiger partial charge in [-0.05, 0) is 36.5 Å². The van der Waals surface area contributed by atoms with E-state index in [1.165, 1.54) is 25.2 Å². The van der Waals surface area contributed by atoms with Crippen molar-refractivity contribution >= 4 is 11.4 Å². The van der Waals surface area contributed by atoms with Crippen LogP contribution in [0.15, 0.2) is 24.3 Å². The molecule has 1 saturated carbocycles. The number of nitrogens with two attached hydrogens (primary N) is 1. The van der Waals surface area contributed by atoms with Gasteiger partial charge in [0.25, 0.3) is 0 Å². The lowest BCUT2D eigenvalue weighted by Gasteiger charge is -2.20. The Hall–Kier alpha value is -1.18. The van der Waals surface area contributed by atoms with Crippen LogP contribution in [0.25, 0.3) is 0 Å². The Morgan fingerprint density at radius 2 is 2.00 bits per heavy atom. The van der Waals surface area contributed by atoms with Crippen LogP contribution >= 0.6 is 0 Å². The van der Waals surface area contributed by atoms with Gasteiger partial charge in [0.1, 0.15) is 0 Å². The summed E-state index contributed by atoms with van der Waals surface area (Å²) >= 11 is 0. The highest BCUT2D eigenvalue weighted by Crippen LogP contribution is 2.46. The Balaban J connectivity index is 1.84. The highest BCUT2D eigenvalue weighted by atomic mass is 15.2. The predicted octanol–water partition coefficient (Wildman–Crippen LogP) is 1.72. The molecular weight excluding hydrogens is 160 g/mol. The lowest BCUT2D eigenvalue weighted by atomic mass is 10.2. The van der Waals surface area contributed by atoms with E-state index in [1.54, 1.807) is 0 Å². The first-order chi connectivity index (χ1) is 6.33. The van der Waals surface area contributed by atoms with Crippen LogP contribution in [0.1, 0.15) is 6.42 Å². The van der Waals surface area contributed by atoms with Crippen molar-refractivity contribution in [2.45, 2.75) is 6.42 Å². The molecule has 2 atom stereocenters. The summed E-state index contributed by atoms with van der Waals surface area (Å²) in [5.74, 6) is 1.97. The maximum Gasteiger partial charge on any atom is 0.0387 e. The average molecular weight is 174 g/mol. The summed E-state index contributed by atoms with van der Waals surface area (Å²) in [7, 11) is 0. The molecule has 0 aromatic heterocycles. The van der Waals surface area contributed by atoms with E-state index in [1.807, 2.05) is 12.1 Å². The topological polar surface area (TPSA) is 29.3 Å².